The number of para-hydroxylation sites is 2. The maximum Gasteiger partial charge on any atom is 0.174 e. The van der Waals surface area contributed by atoms with Gasteiger partial charge in [-0.15, -0.1) is 0 Å². The molecule has 172 valence electrons. The largest absolute Gasteiger partial charge is 0.506 e. The predicted molar refractivity (Wildman–Crippen MR) is 138 cm³/mol. The second-order valence-electron chi connectivity index (χ2n) is 8.28. The third kappa shape index (κ3) is 3.67. The standard InChI is InChI=1S/C26H23ClN4O2S/c1-15-13-18(16(2)30(15)21-14-17(27)10-11-23(21)33)25-24(19-7-5-6-12-28-19)29-26(34)31(25)20-8-3-4-9-22(20)32/h3-14,24-25,32-33H,1-2H3,(H,29,34)/t24-,25-/m1/s1. The molecule has 0 spiro atoms. The Balaban J connectivity index is 1.72. The van der Waals surface area contributed by atoms with Crippen LogP contribution in [-0.2, 0) is 0 Å². The smallest absolute Gasteiger partial charge is 0.174 e. The van der Waals surface area contributed by atoms with Crippen LogP contribution in [0.3, 0.4) is 0 Å². The van der Waals surface area contributed by atoms with Gasteiger partial charge in [-0.05, 0) is 80.2 Å². The highest BCUT2D eigenvalue weighted by Crippen LogP contribution is 2.46. The number of pyridine rings is 1. The number of rotatable bonds is 4. The number of aromatic hydroxyl groups is 2. The van der Waals surface area contributed by atoms with Crippen molar-refractivity contribution in [1.82, 2.24) is 14.9 Å². The SMILES string of the molecule is Cc1cc([C@@H]2[C@@H](c3ccccn3)NC(=S)N2c2ccccc2O)c(C)n1-c1cc(Cl)ccc1O. The molecule has 0 unspecified atom stereocenters. The summed E-state index contributed by atoms with van der Waals surface area (Å²) in [6.45, 7) is 3.99. The van der Waals surface area contributed by atoms with Gasteiger partial charge in [0.1, 0.15) is 11.5 Å². The highest BCUT2D eigenvalue weighted by atomic mass is 35.5. The van der Waals surface area contributed by atoms with Gasteiger partial charge in [0.15, 0.2) is 5.11 Å². The molecule has 34 heavy (non-hydrogen) atoms. The van der Waals surface area contributed by atoms with Crippen molar-refractivity contribution in [2.75, 3.05) is 4.90 Å². The van der Waals surface area contributed by atoms with Crippen molar-refractivity contribution in [3.63, 3.8) is 0 Å². The van der Waals surface area contributed by atoms with Crippen molar-refractivity contribution < 1.29 is 10.2 Å². The number of aromatic nitrogens is 2. The minimum atomic E-state index is -0.294. The molecule has 5 rings (SSSR count). The molecule has 0 amide bonds. The monoisotopic (exact) mass is 490 g/mol. The Morgan fingerprint density at radius 1 is 0.941 bits per heavy atom. The van der Waals surface area contributed by atoms with Gasteiger partial charge >= 0.3 is 0 Å². The van der Waals surface area contributed by atoms with Gasteiger partial charge in [0.25, 0.3) is 0 Å². The molecule has 3 N–H and O–H groups in total. The van der Waals surface area contributed by atoms with Gasteiger partial charge in [-0.2, -0.15) is 0 Å². The number of halogens is 1. The van der Waals surface area contributed by atoms with Crippen LogP contribution in [0.4, 0.5) is 5.69 Å². The highest BCUT2D eigenvalue weighted by molar-refractivity contribution is 7.80. The molecule has 6 nitrogen and oxygen atoms in total. The number of hydrogen-bond acceptors (Lipinski definition) is 4. The van der Waals surface area contributed by atoms with E-state index in [9.17, 15) is 10.2 Å². The summed E-state index contributed by atoms with van der Waals surface area (Å²) in [4.78, 5) is 6.53. The summed E-state index contributed by atoms with van der Waals surface area (Å²) in [5, 5.41) is 25.7. The van der Waals surface area contributed by atoms with Crippen molar-refractivity contribution in [2.24, 2.45) is 0 Å². The molecule has 1 aliphatic heterocycles. The van der Waals surface area contributed by atoms with E-state index in [0.29, 0.717) is 21.5 Å². The molecule has 0 aliphatic carbocycles. The highest BCUT2D eigenvalue weighted by Gasteiger charge is 2.43. The number of hydrogen-bond donors (Lipinski definition) is 3. The lowest BCUT2D eigenvalue weighted by Crippen LogP contribution is -2.29. The molecule has 2 aromatic heterocycles. The average molecular weight is 491 g/mol. The van der Waals surface area contributed by atoms with Gasteiger partial charge < -0.3 is 25.0 Å². The van der Waals surface area contributed by atoms with Gasteiger partial charge in [0.2, 0.25) is 0 Å². The first kappa shape index (κ1) is 22.3. The zero-order valence-electron chi connectivity index (χ0n) is 18.6. The van der Waals surface area contributed by atoms with E-state index < -0.39 is 0 Å². The minimum absolute atomic E-state index is 0.136. The van der Waals surface area contributed by atoms with E-state index in [1.54, 1.807) is 36.5 Å². The summed E-state index contributed by atoms with van der Waals surface area (Å²) in [7, 11) is 0. The molecule has 2 atom stereocenters. The van der Waals surface area contributed by atoms with Crippen LogP contribution in [0.2, 0.25) is 5.02 Å². The Kier molecular flexibility index (Phi) is 5.67. The number of aryl methyl sites for hydroxylation is 1. The van der Waals surface area contributed by atoms with Crippen molar-refractivity contribution >= 4 is 34.6 Å². The van der Waals surface area contributed by atoms with Crippen LogP contribution in [0.25, 0.3) is 5.69 Å². The average Bonchev–Trinajstić information content (AvgIpc) is 3.31. The zero-order valence-corrected chi connectivity index (χ0v) is 20.2. The van der Waals surface area contributed by atoms with Crippen molar-refractivity contribution in [2.45, 2.75) is 25.9 Å². The fourth-order valence-corrected chi connectivity index (χ4v) is 5.24. The van der Waals surface area contributed by atoms with Crippen LogP contribution in [0.15, 0.2) is 72.9 Å². The lowest BCUT2D eigenvalue weighted by Gasteiger charge is -2.28. The summed E-state index contributed by atoms with van der Waals surface area (Å²) >= 11 is 12.0. The molecule has 1 aliphatic rings. The van der Waals surface area contributed by atoms with Crippen LogP contribution in [0.1, 0.15) is 34.7 Å². The number of nitrogens with one attached hydrogen (secondary N) is 1. The van der Waals surface area contributed by atoms with Crippen LogP contribution >= 0.6 is 23.8 Å². The first-order valence-electron chi connectivity index (χ1n) is 10.8. The lowest BCUT2D eigenvalue weighted by molar-refractivity contribution is 0.471. The van der Waals surface area contributed by atoms with Gasteiger partial charge in [0.05, 0.1) is 29.2 Å². The molecule has 4 aromatic rings. The number of thiocarbonyl (C=S) groups is 1. The first-order valence-corrected chi connectivity index (χ1v) is 11.6. The summed E-state index contributed by atoms with van der Waals surface area (Å²) < 4.78 is 1.98. The van der Waals surface area contributed by atoms with Gasteiger partial charge in [-0.1, -0.05) is 29.8 Å². The zero-order chi connectivity index (χ0) is 24.0. The summed E-state index contributed by atoms with van der Waals surface area (Å²) in [6, 6.07) is 19.5. The summed E-state index contributed by atoms with van der Waals surface area (Å²) in [5.74, 6) is 0.274. The van der Waals surface area contributed by atoms with E-state index in [1.165, 1.54) is 0 Å². The third-order valence-electron chi connectivity index (χ3n) is 6.21. The number of phenolic OH excluding ortho intramolecular Hbond substituents is 2. The quantitative estimate of drug-likeness (QED) is 0.317. The summed E-state index contributed by atoms with van der Waals surface area (Å²) in [5.41, 5.74) is 4.89. The molecule has 2 aromatic carbocycles. The topological polar surface area (TPSA) is 73.5 Å². The molecule has 3 heterocycles. The molecule has 0 radical (unpaired) electrons. The lowest BCUT2D eigenvalue weighted by atomic mass is 9.96. The van der Waals surface area contributed by atoms with Gasteiger partial charge in [-0.3, -0.25) is 4.98 Å². The van der Waals surface area contributed by atoms with Gasteiger partial charge in [0, 0.05) is 22.6 Å². The maximum atomic E-state index is 10.7. The molecule has 1 fully saturated rings. The fraction of sp³-hybridized carbons (Fsp3) is 0.154. The molecular formula is C26H23ClN4O2S. The Labute approximate surface area is 208 Å². The van der Waals surface area contributed by atoms with Crippen molar-refractivity contribution in [3.05, 3.63) is 101 Å². The fourth-order valence-electron chi connectivity index (χ4n) is 4.73. The number of benzene rings is 2. The van der Waals surface area contributed by atoms with E-state index in [4.69, 9.17) is 23.8 Å². The molecule has 1 saturated heterocycles. The predicted octanol–water partition coefficient (Wildman–Crippen LogP) is 5.73. The molecule has 0 saturated carbocycles. The number of nitrogens with zero attached hydrogens (tertiary/aromatic N) is 3. The van der Waals surface area contributed by atoms with Gasteiger partial charge in [-0.25, -0.2) is 0 Å². The first-order chi connectivity index (χ1) is 16.4. The Hall–Kier alpha value is -3.55. The van der Waals surface area contributed by atoms with Crippen molar-refractivity contribution in [1.29, 1.82) is 0 Å². The molecular weight excluding hydrogens is 468 g/mol. The van der Waals surface area contributed by atoms with E-state index in [1.807, 2.05) is 53.6 Å². The Morgan fingerprint density at radius 3 is 2.41 bits per heavy atom. The van der Waals surface area contributed by atoms with Crippen LogP contribution < -0.4 is 10.2 Å². The van der Waals surface area contributed by atoms with E-state index in [0.717, 1.165) is 22.6 Å². The Morgan fingerprint density at radius 2 is 1.68 bits per heavy atom. The van der Waals surface area contributed by atoms with Crippen LogP contribution in [0.5, 0.6) is 11.5 Å². The third-order valence-corrected chi connectivity index (χ3v) is 6.76. The van der Waals surface area contributed by atoms with E-state index >= 15 is 0 Å². The molecule has 0 bridgehead atoms. The normalized spacial score (nSPS) is 17.7. The number of anilines is 1. The van der Waals surface area contributed by atoms with Crippen LogP contribution in [-0.4, -0.2) is 24.9 Å². The maximum absolute atomic E-state index is 10.7. The second kappa shape index (κ2) is 8.66. The van der Waals surface area contributed by atoms with Crippen molar-refractivity contribution in [3.8, 4) is 17.2 Å². The molecule has 8 heteroatoms. The summed E-state index contributed by atoms with van der Waals surface area (Å²) in [6.07, 6.45) is 1.76. The van der Waals surface area contributed by atoms with E-state index in [-0.39, 0.29) is 23.6 Å². The second-order valence-corrected chi connectivity index (χ2v) is 9.10. The minimum Gasteiger partial charge on any atom is -0.506 e. The number of phenols is 2. The van der Waals surface area contributed by atoms with Crippen LogP contribution in [0, 0.1) is 13.8 Å². The van der Waals surface area contributed by atoms with E-state index in [2.05, 4.69) is 16.4 Å². The Bertz CT molecular complexity index is 1390.